The average Bonchev–Trinajstić information content (AvgIpc) is 2.30. The molecule has 1 aliphatic rings. The van der Waals surface area contributed by atoms with E-state index in [0.717, 1.165) is 4.90 Å². The van der Waals surface area contributed by atoms with Gasteiger partial charge in [-0.2, -0.15) is 0 Å². The molecule has 1 amide bonds. The standard InChI is InChI=1S/C6H11NO4/c1-4-7(6(9)10)5(2-8)3-11-4/h4-5,8H,2-3H2,1H3,(H,9,10)/t4?,5-/m1/s1. The van der Waals surface area contributed by atoms with E-state index in [2.05, 4.69) is 0 Å². The Balaban J connectivity index is 2.63. The Morgan fingerprint density at radius 3 is 2.82 bits per heavy atom. The third kappa shape index (κ3) is 1.44. The second kappa shape index (κ2) is 3.06. The molecule has 0 saturated carbocycles. The largest absolute Gasteiger partial charge is 0.465 e. The van der Waals surface area contributed by atoms with Crippen LogP contribution in [0.25, 0.3) is 0 Å². The molecule has 0 aromatic heterocycles. The molecule has 64 valence electrons. The first-order valence-electron chi connectivity index (χ1n) is 3.40. The number of ether oxygens (including phenoxy) is 1. The van der Waals surface area contributed by atoms with Crippen molar-refractivity contribution in [2.75, 3.05) is 13.2 Å². The smallest absolute Gasteiger partial charge is 0.409 e. The fraction of sp³-hybridized carbons (Fsp3) is 0.833. The molecule has 1 rings (SSSR count). The molecular weight excluding hydrogens is 150 g/mol. The minimum Gasteiger partial charge on any atom is -0.465 e. The zero-order valence-electron chi connectivity index (χ0n) is 6.23. The number of aliphatic hydroxyl groups is 1. The molecule has 1 aliphatic heterocycles. The van der Waals surface area contributed by atoms with Gasteiger partial charge in [0.2, 0.25) is 0 Å². The van der Waals surface area contributed by atoms with Gasteiger partial charge in [-0.1, -0.05) is 0 Å². The first-order valence-corrected chi connectivity index (χ1v) is 3.40. The molecule has 0 bridgehead atoms. The minimum absolute atomic E-state index is 0.184. The van der Waals surface area contributed by atoms with Gasteiger partial charge in [0.15, 0.2) is 0 Å². The molecule has 1 heterocycles. The lowest BCUT2D eigenvalue weighted by Crippen LogP contribution is -2.41. The van der Waals surface area contributed by atoms with Gasteiger partial charge in [-0.05, 0) is 6.92 Å². The quantitative estimate of drug-likeness (QED) is 0.554. The van der Waals surface area contributed by atoms with Gasteiger partial charge < -0.3 is 14.9 Å². The van der Waals surface area contributed by atoms with Crippen molar-refractivity contribution in [1.29, 1.82) is 0 Å². The molecule has 11 heavy (non-hydrogen) atoms. The number of carboxylic acid groups (broad SMARTS) is 1. The first kappa shape index (κ1) is 8.29. The number of aliphatic hydroxyl groups excluding tert-OH is 1. The van der Waals surface area contributed by atoms with Crippen LogP contribution in [-0.2, 0) is 4.74 Å². The van der Waals surface area contributed by atoms with Crippen LogP contribution in [0.5, 0.6) is 0 Å². The molecule has 5 nitrogen and oxygen atoms in total. The number of carbonyl (C=O) groups is 1. The van der Waals surface area contributed by atoms with E-state index >= 15 is 0 Å². The van der Waals surface area contributed by atoms with Crippen molar-refractivity contribution in [2.45, 2.75) is 19.2 Å². The SMILES string of the molecule is CC1OC[C@@H](CO)N1C(=O)O. The van der Waals surface area contributed by atoms with Gasteiger partial charge >= 0.3 is 6.09 Å². The van der Waals surface area contributed by atoms with Gasteiger partial charge in [-0.3, -0.25) is 4.90 Å². The summed E-state index contributed by atoms with van der Waals surface area (Å²) < 4.78 is 5.02. The Morgan fingerprint density at radius 2 is 2.45 bits per heavy atom. The maximum absolute atomic E-state index is 10.5. The Bertz CT molecular complexity index is 161. The Labute approximate surface area is 64.2 Å². The van der Waals surface area contributed by atoms with Crippen LogP contribution in [-0.4, -0.2) is 46.7 Å². The van der Waals surface area contributed by atoms with Crippen LogP contribution >= 0.6 is 0 Å². The van der Waals surface area contributed by atoms with Gasteiger partial charge in [0.05, 0.1) is 19.3 Å². The third-order valence-electron chi connectivity index (χ3n) is 1.75. The second-order valence-corrected chi connectivity index (χ2v) is 2.46. The number of hydrogen-bond donors (Lipinski definition) is 2. The van der Waals surface area contributed by atoms with E-state index in [-0.39, 0.29) is 13.2 Å². The van der Waals surface area contributed by atoms with Gasteiger partial charge in [0.25, 0.3) is 0 Å². The van der Waals surface area contributed by atoms with Crippen LogP contribution in [0.15, 0.2) is 0 Å². The lowest BCUT2D eigenvalue weighted by atomic mass is 10.3. The summed E-state index contributed by atoms with van der Waals surface area (Å²) in [5, 5.41) is 17.3. The van der Waals surface area contributed by atoms with Crippen molar-refractivity contribution in [1.82, 2.24) is 4.90 Å². The molecular formula is C6H11NO4. The van der Waals surface area contributed by atoms with E-state index in [1.54, 1.807) is 6.92 Å². The molecule has 1 saturated heterocycles. The maximum atomic E-state index is 10.5. The summed E-state index contributed by atoms with van der Waals surface area (Å²) in [6.07, 6.45) is -1.49. The van der Waals surface area contributed by atoms with Crippen molar-refractivity contribution in [2.24, 2.45) is 0 Å². The normalized spacial score (nSPS) is 30.9. The van der Waals surface area contributed by atoms with E-state index < -0.39 is 18.4 Å². The molecule has 0 aromatic carbocycles. The fourth-order valence-electron chi connectivity index (χ4n) is 1.16. The van der Waals surface area contributed by atoms with E-state index in [9.17, 15) is 4.79 Å². The van der Waals surface area contributed by atoms with Gasteiger partial charge in [-0.25, -0.2) is 4.79 Å². The number of hydrogen-bond acceptors (Lipinski definition) is 3. The van der Waals surface area contributed by atoms with Gasteiger partial charge in [0, 0.05) is 0 Å². The zero-order valence-corrected chi connectivity index (χ0v) is 6.23. The topological polar surface area (TPSA) is 70.0 Å². The number of rotatable bonds is 1. The summed E-state index contributed by atoms with van der Waals surface area (Å²) >= 11 is 0. The molecule has 0 spiro atoms. The lowest BCUT2D eigenvalue weighted by Gasteiger charge is -2.20. The van der Waals surface area contributed by atoms with Crippen LogP contribution in [0.4, 0.5) is 4.79 Å². The average molecular weight is 161 g/mol. The van der Waals surface area contributed by atoms with Crippen LogP contribution in [0.3, 0.4) is 0 Å². The summed E-state index contributed by atoms with van der Waals surface area (Å²) in [4.78, 5) is 11.6. The monoisotopic (exact) mass is 161 g/mol. The van der Waals surface area contributed by atoms with Crippen molar-refractivity contribution < 1.29 is 19.7 Å². The van der Waals surface area contributed by atoms with Crippen LogP contribution in [0, 0.1) is 0 Å². The predicted octanol–water partition coefficient (Wildman–Crippen LogP) is -0.297. The Hall–Kier alpha value is -0.810. The minimum atomic E-state index is -1.05. The highest BCUT2D eigenvalue weighted by Gasteiger charge is 2.34. The highest BCUT2D eigenvalue weighted by molar-refractivity contribution is 5.66. The predicted molar refractivity (Wildman–Crippen MR) is 36.2 cm³/mol. The zero-order chi connectivity index (χ0) is 8.43. The van der Waals surface area contributed by atoms with Crippen LogP contribution in [0.1, 0.15) is 6.92 Å². The summed E-state index contributed by atoms with van der Waals surface area (Å²) in [6.45, 7) is 1.74. The van der Waals surface area contributed by atoms with E-state index in [1.807, 2.05) is 0 Å². The summed E-state index contributed by atoms with van der Waals surface area (Å²) in [7, 11) is 0. The lowest BCUT2D eigenvalue weighted by molar-refractivity contribution is 0.0442. The Morgan fingerprint density at radius 1 is 1.82 bits per heavy atom. The number of nitrogens with zero attached hydrogens (tertiary/aromatic N) is 1. The van der Waals surface area contributed by atoms with Gasteiger partial charge in [0.1, 0.15) is 6.23 Å². The second-order valence-electron chi connectivity index (χ2n) is 2.46. The first-order chi connectivity index (χ1) is 5.16. The van der Waals surface area contributed by atoms with Crippen molar-refractivity contribution in [3.8, 4) is 0 Å². The van der Waals surface area contributed by atoms with Crippen LogP contribution < -0.4 is 0 Å². The molecule has 0 aliphatic carbocycles. The highest BCUT2D eigenvalue weighted by Crippen LogP contribution is 2.15. The van der Waals surface area contributed by atoms with Crippen molar-refractivity contribution >= 4 is 6.09 Å². The Kier molecular flexibility index (Phi) is 2.31. The van der Waals surface area contributed by atoms with E-state index in [1.165, 1.54) is 0 Å². The fourth-order valence-corrected chi connectivity index (χ4v) is 1.16. The number of amides is 1. The van der Waals surface area contributed by atoms with Crippen molar-refractivity contribution in [3.63, 3.8) is 0 Å². The molecule has 0 radical (unpaired) electrons. The maximum Gasteiger partial charge on any atom is 0.409 e. The molecule has 1 fully saturated rings. The molecule has 5 heteroatoms. The van der Waals surface area contributed by atoms with Crippen molar-refractivity contribution in [3.05, 3.63) is 0 Å². The van der Waals surface area contributed by atoms with E-state index in [0.29, 0.717) is 0 Å². The molecule has 1 unspecified atom stereocenters. The summed E-state index contributed by atoms with van der Waals surface area (Å²) in [6, 6.07) is -0.400. The molecule has 2 N–H and O–H groups in total. The highest BCUT2D eigenvalue weighted by atomic mass is 16.5. The van der Waals surface area contributed by atoms with Crippen LogP contribution in [0.2, 0.25) is 0 Å². The summed E-state index contributed by atoms with van der Waals surface area (Å²) in [5.74, 6) is 0. The van der Waals surface area contributed by atoms with Gasteiger partial charge in [-0.15, -0.1) is 0 Å². The van der Waals surface area contributed by atoms with E-state index in [4.69, 9.17) is 14.9 Å². The third-order valence-corrected chi connectivity index (χ3v) is 1.75. The summed E-state index contributed by atoms with van der Waals surface area (Å²) in [5.41, 5.74) is 0. The molecule has 0 aromatic rings. The molecule has 2 atom stereocenters.